The molecular weight excluding hydrogens is 322 g/mol. The van der Waals surface area contributed by atoms with Crippen LogP contribution in [0.5, 0.6) is 0 Å². The molecular formula is C19H23NO3S. The van der Waals surface area contributed by atoms with Crippen molar-refractivity contribution in [2.45, 2.75) is 37.1 Å². The Bertz CT molecular complexity index is 769. The van der Waals surface area contributed by atoms with Gasteiger partial charge in [0.2, 0.25) is 5.91 Å². The van der Waals surface area contributed by atoms with E-state index in [4.69, 9.17) is 0 Å². The molecule has 0 aliphatic carbocycles. The summed E-state index contributed by atoms with van der Waals surface area (Å²) in [5.74, 6) is -0.444. The minimum absolute atomic E-state index is 0.0462. The zero-order valence-electron chi connectivity index (χ0n) is 14.0. The summed E-state index contributed by atoms with van der Waals surface area (Å²) in [5, 5.41) is 2.93. The Hall–Kier alpha value is -2.14. The minimum atomic E-state index is -3.43. The van der Waals surface area contributed by atoms with Crippen LogP contribution in [0.1, 0.15) is 25.8 Å². The molecule has 4 nitrogen and oxygen atoms in total. The number of benzene rings is 2. The van der Waals surface area contributed by atoms with E-state index in [9.17, 15) is 13.2 Å². The maximum atomic E-state index is 12.2. The molecule has 0 atom stereocenters. The fourth-order valence-corrected chi connectivity index (χ4v) is 3.82. The standard InChI is InChI=1S/C19H23NO3S/c1-19(2,15-16-9-5-3-6-10-16)20-18(21)13-14-24(22,23)17-11-7-4-8-12-17/h3-12H,13-15H2,1-2H3,(H,20,21). The van der Waals surface area contributed by atoms with Gasteiger partial charge in [-0.3, -0.25) is 4.79 Å². The number of hydrogen-bond donors (Lipinski definition) is 1. The summed E-state index contributed by atoms with van der Waals surface area (Å²) in [6.45, 7) is 3.87. The Balaban J connectivity index is 1.91. The zero-order valence-corrected chi connectivity index (χ0v) is 14.8. The molecule has 0 spiro atoms. The smallest absolute Gasteiger partial charge is 0.221 e. The summed E-state index contributed by atoms with van der Waals surface area (Å²) < 4.78 is 24.4. The summed E-state index contributed by atoms with van der Waals surface area (Å²) >= 11 is 0. The third-order valence-electron chi connectivity index (χ3n) is 3.67. The maximum Gasteiger partial charge on any atom is 0.221 e. The van der Waals surface area contributed by atoms with Crippen LogP contribution in [-0.2, 0) is 21.1 Å². The van der Waals surface area contributed by atoms with Crippen LogP contribution in [-0.4, -0.2) is 25.6 Å². The molecule has 0 bridgehead atoms. The number of rotatable bonds is 7. The van der Waals surface area contributed by atoms with Crippen molar-refractivity contribution in [1.82, 2.24) is 5.32 Å². The highest BCUT2D eigenvalue weighted by Crippen LogP contribution is 2.14. The first-order valence-corrected chi connectivity index (χ1v) is 9.56. The molecule has 0 fully saturated rings. The predicted octanol–water partition coefficient (Wildman–Crippen LogP) is 2.99. The van der Waals surface area contributed by atoms with Gasteiger partial charge in [0, 0.05) is 12.0 Å². The monoisotopic (exact) mass is 345 g/mol. The van der Waals surface area contributed by atoms with Gasteiger partial charge in [-0.2, -0.15) is 0 Å². The van der Waals surface area contributed by atoms with Gasteiger partial charge in [0.05, 0.1) is 10.6 Å². The van der Waals surface area contributed by atoms with Gasteiger partial charge < -0.3 is 5.32 Å². The Labute approximate surface area is 143 Å². The molecule has 128 valence electrons. The van der Waals surface area contributed by atoms with Gasteiger partial charge in [-0.25, -0.2) is 8.42 Å². The molecule has 0 heterocycles. The van der Waals surface area contributed by atoms with Crippen molar-refractivity contribution < 1.29 is 13.2 Å². The first kappa shape index (κ1) is 18.2. The van der Waals surface area contributed by atoms with Gasteiger partial charge in [-0.1, -0.05) is 48.5 Å². The second-order valence-corrected chi connectivity index (χ2v) is 8.59. The molecule has 2 aromatic carbocycles. The van der Waals surface area contributed by atoms with E-state index < -0.39 is 15.4 Å². The molecule has 0 aliphatic heterocycles. The Kier molecular flexibility index (Phi) is 5.78. The van der Waals surface area contributed by atoms with Crippen LogP contribution in [0.25, 0.3) is 0 Å². The number of sulfone groups is 1. The van der Waals surface area contributed by atoms with Gasteiger partial charge in [0.15, 0.2) is 9.84 Å². The largest absolute Gasteiger partial charge is 0.351 e. The van der Waals surface area contributed by atoms with Crippen LogP contribution < -0.4 is 5.32 Å². The fourth-order valence-electron chi connectivity index (χ4n) is 2.56. The van der Waals surface area contributed by atoms with Gasteiger partial charge in [-0.05, 0) is 38.0 Å². The van der Waals surface area contributed by atoms with Gasteiger partial charge in [0.1, 0.15) is 0 Å². The van der Waals surface area contributed by atoms with Crippen LogP contribution in [0, 0.1) is 0 Å². The van der Waals surface area contributed by atoms with Crippen LogP contribution in [0.15, 0.2) is 65.6 Å². The molecule has 0 saturated carbocycles. The SMILES string of the molecule is CC(C)(Cc1ccccc1)NC(=O)CCS(=O)(=O)c1ccccc1. The normalized spacial score (nSPS) is 11.9. The van der Waals surface area contributed by atoms with E-state index in [0.29, 0.717) is 6.42 Å². The van der Waals surface area contributed by atoms with Crippen molar-refractivity contribution in [3.05, 3.63) is 66.2 Å². The lowest BCUT2D eigenvalue weighted by Gasteiger charge is -2.26. The summed E-state index contributed by atoms with van der Waals surface area (Å²) in [6.07, 6.45) is 0.639. The van der Waals surface area contributed by atoms with Gasteiger partial charge in [0.25, 0.3) is 0 Å². The summed E-state index contributed by atoms with van der Waals surface area (Å²) in [6, 6.07) is 18.1. The van der Waals surface area contributed by atoms with Crippen LogP contribution >= 0.6 is 0 Å². The number of hydrogen-bond acceptors (Lipinski definition) is 3. The quantitative estimate of drug-likeness (QED) is 0.839. The Morgan fingerprint density at radius 1 is 0.958 bits per heavy atom. The van der Waals surface area contributed by atoms with Crippen molar-refractivity contribution in [3.8, 4) is 0 Å². The summed E-state index contributed by atoms with van der Waals surface area (Å²) in [4.78, 5) is 12.4. The molecule has 0 saturated heterocycles. The lowest BCUT2D eigenvalue weighted by Crippen LogP contribution is -2.45. The third kappa shape index (κ3) is 5.49. The molecule has 0 unspecified atom stereocenters. The molecule has 2 rings (SSSR count). The highest BCUT2D eigenvalue weighted by Gasteiger charge is 2.22. The Morgan fingerprint density at radius 3 is 2.08 bits per heavy atom. The first-order chi connectivity index (χ1) is 11.3. The van der Waals surface area contributed by atoms with E-state index in [1.165, 1.54) is 0 Å². The van der Waals surface area contributed by atoms with Crippen LogP contribution in [0.4, 0.5) is 0 Å². The van der Waals surface area contributed by atoms with Gasteiger partial charge >= 0.3 is 0 Å². The molecule has 1 N–H and O–H groups in total. The van der Waals surface area contributed by atoms with E-state index in [0.717, 1.165) is 5.56 Å². The molecule has 24 heavy (non-hydrogen) atoms. The number of carbonyl (C=O) groups is 1. The highest BCUT2D eigenvalue weighted by molar-refractivity contribution is 7.91. The Morgan fingerprint density at radius 2 is 1.50 bits per heavy atom. The average molecular weight is 345 g/mol. The summed E-state index contributed by atoms with van der Waals surface area (Å²) in [5.41, 5.74) is 0.689. The van der Waals surface area contributed by atoms with Crippen molar-refractivity contribution in [2.75, 3.05) is 5.75 Å². The van der Waals surface area contributed by atoms with Crippen molar-refractivity contribution in [1.29, 1.82) is 0 Å². The second-order valence-electron chi connectivity index (χ2n) is 6.48. The number of nitrogens with one attached hydrogen (secondary N) is 1. The van der Waals surface area contributed by atoms with Crippen LogP contribution in [0.2, 0.25) is 0 Å². The average Bonchev–Trinajstić information content (AvgIpc) is 2.54. The molecule has 1 amide bonds. The molecule has 0 aliphatic rings. The zero-order chi connectivity index (χ0) is 17.6. The van der Waals surface area contributed by atoms with E-state index in [2.05, 4.69) is 5.32 Å². The number of carbonyl (C=O) groups excluding carboxylic acids is 1. The van der Waals surface area contributed by atoms with E-state index in [1.54, 1.807) is 30.3 Å². The topological polar surface area (TPSA) is 63.2 Å². The lowest BCUT2D eigenvalue weighted by atomic mass is 9.95. The summed E-state index contributed by atoms with van der Waals surface area (Å²) in [7, 11) is -3.43. The van der Waals surface area contributed by atoms with Crippen molar-refractivity contribution in [3.63, 3.8) is 0 Å². The fraction of sp³-hybridized carbons (Fsp3) is 0.316. The van der Waals surface area contributed by atoms with Crippen LogP contribution in [0.3, 0.4) is 0 Å². The molecule has 0 aromatic heterocycles. The predicted molar refractivity (Wildman–Crippen MR) is 95.5 cm³/mol. The van der Waals surface area contributed by atoms with Crippen molar-refractivity contribution in [2.24, 2.45) is 0 Å². The molecule has 2 aromatic rings. The van der Waals surface area contributed by atoms with Crippen molar-refractivity contribution >= 4 is 15.7 Å². The van der Waals surface area contributed by atoms with E-state index in [-0.39, 0.29) is 23.0 Å². The highest BCUT2D eigenvalue weighted by atomic mass is 32.2. The lowest BCUT2D eigenvalue weighted by molar-refractivity contribution is -0.122. The minimum Gasteiger partial charge on any atom is -0.351 e. The van der Waals surface area contributed by atoms with E-state index >= 15 is 0 Å². The van der Waals surface area contributed by atoms with Gasteiger partial charge in [-0.15, -0.1) is 0 Å². The molecule has 0 radical (unpaired) electrons. The maximum absolute atomic E-state index is 12.2. The van der Waals surface area contributed by atoms with E-state index in [1.807, 2.05) is 44.2 Å². The number of amides is 1. The molecule has 5 heteroatoms. The third-order valence-corrected chi connectivity index (χ3v) is 5.40. The second kappa shape index (κ2) is 7.62. The first-order valence-electron chi connectivity index (χ1n) is 7.91.